The van der Waals surface area contributed by atoms with E-state index in [0.29, 0.717) is 0 Å². The fourth-order valence-corrected chi connectivity index (χ4v) is 1.76. The van der Waals surface area contributed by atoms with Crippen LogP contribution in [0.1, 0.15) is 44.7 Å². The molecule has 0 atom stereocenters. The van der Waals surface area contributed by atoms with Crippen LogP contribution in [0.3, 0.4) is 0 Å². The zero-order valence-corrected chi connectivity index (χ0v) is 11.5. The van der Waals surface area contributed by atoms with Gasteiger partial charge in [-0.15, -0.1) is 0 Å². The molecule has 5 nitrogen and oxygen atoms in total. The van der Waals surface area contributed by atoms with Gasteiger partial charge in [0.1, 0.15) is 5.76 Å². The van der Waals surface area contributed by atoms with Crippen molar-refractivity contribution in [2.24, 2.45) is 0 Å². The Kier molecular flexibility index (Phi) is 4.90. The second-order valence-electron chi connectivity index (χ2n) is 5.01. The fraction of sp³-hybridized carbons (Fsp3) is 0.692. The number of carbonyl (C=O) groups is 1. The highest BCUT2D eigenvalue weighted by Crippen LogP contribution is 2.16. The van der Waals surface area contributed by atoms with Gasteiger partial charge in [-0.2, -0.15) is 0 Å². The molecule has 0 saturated carbocycles. The van der Waals surface area contributed by atoms with E-state index in [1.807, 2.05) is 13.8 Å². The number of hydrogen-bond donors (Lipinski definition) is 2. The van der Waals surface area contributed by atoms with Crippen LogP contribution in [0.15, 0.2) is 4.52 Å². The molecule has 5 heteroatoms. The van der Waals surface area contributed by atoms with Crippen LogP contribution in [0, 0.1) is 0 Å². The quantitative estimate of drug-likeness (QED) is 0.800. The standard InChI is InChI=1S/C13H22N2O3/c1-5-10-9(11(6-2)18-15-10)7-12(17)14-13(3,4)8-16/h16H,5-8H2,1-4H3,(H,14,17). The topological polar surface area (TPSA) is 75.4 Å². The summed E-state index contributed by atoms with van der Waals surface area (Å²) in [6.07, 6.45) is 1.72. The summed E-state index contributed by atoms with van der Waals surface area (Å²) >= 11 is 0. The molecular formula is C13H22N2O3. The molecule has 2 N–H and O–H groups in total. The molecule has 0 radical (unpaired) electrons. The molecular weight excluding hydrogens is 232 g/mol. The van der Waals surface area contributed by atoms with Gasteiger partial charge in [-0.1, -0.05) is 19.0 Å². The Morgan fingerprint density at radius 3 is 2.56 bits per heavy atom. The number of nitrogens with zero attached hydrogens (tertiary/aromatic N) is 1. The molecule has 102 valence electrons. The minimum atomic E-state index is -0.604. The number of amides is 1. The second kappa shape index (κ2) is 6.00. The number of carbonyl (C=O) groups excluding carboxylic acids is 1. The maximum absolute atomic E-state index is 11.9. The van der Waals surface area contributed by atoms with Crippen LogP contribution >= 0.6 is 0 Å². The van der Waals surface area contributed by atoms with Crippen molar-refractivity contribution in [1.29, 1.82) is 0 Å². The number of aromatic nitrogens is 1. The number of nitrogens with one attached hydrogen (secondary N) is 1. The predicted octanol–water partition coefficient (Wildman–Crippen LogP) is 1.23. The smallest absolute Gasteiger partial charge is 0.225 e. The summed E-state index contributed by atoms with van der Waals surface area (Å²) in [5.41, 5.74) is 1.11. The summed E-state index contributed by atoms with van der Waals surface area (Å²) < 4.78 is 5.21. The summed E-state index contributed by atoms with van der Waals surface area (Å²) in [5.74, 6) is 0.644. The van der Waals surface area contributed by atoms with Crippen LogP contribution in [0.4, 0.5) is 0 Å². The molecule has 0 aliphatic heterocycles. The summed E-state index contributed by atoms with van der Waals surface area (Å²) in [7, 11) is 0. The summed E-state index contributed by atoms with van der Waals surface area (Å²) in [6.45, 7) is 7.42. The van der Waals surface area contributed by atoms with Crippen molar-refractivity contribution in [3.8, 4) is 0 Å². The van der Waals surface area contributed by atoms with Gasteiger partial charge in [-0.05, 0) is 20.3 Å². The van der Waals surface area contributed by atoms with Gasteiger partial charge in [0.2, 0.25) is 5.91 Å². The Morgan fingerprint density at radius 1 is 1.39 bits per heavy atom. The molecule has 1 heterocycles. The fourth-order valence-electron chi connectivity index (χ4n) is 1.76. The van der Waals surface area contributed by atoms with Crippen molar-refractivity contribution < 1.29 is 14.4 Å². The lowest BCUT2D eigenvalue weighted by Gasteiger charge is -2.23. The Labute approximate surface area is 108 Å². The number of hydrogen-bond acceptors (Lipinski definition) is 4. The zero-order valence-electron chi connectivity index (χ0n) is 11.5. The van der Waals surface area contributed by atoms with Gasteiger partial charge in [0.15, 0.2) is 0 Å². The Hall–Kier alpha value is -1.36. The Balaban J connectivity index is 2.78. The third-order valence-electron chi connectivity index (χ3n) is 2.82. The summed E-state index contributed by atoms with van der Waals surface area (Å²) in [6, 6.07) is 0. The van der Waals surface area contributed by atoms with E-state index in [0.717, 1.165) is 29.9 Å². The third-order valence-corrected chi connectivity index (χ3v) is 2.82. The number of aliphatic hydroxyl groups is 1. The molecule has 1 rings (SSSR count). The van der Waals surface area contributed by atoms with Crippen molar-refractivity contribution in [3.63, 3.8) is 0 Å². The molecule has 0 fully saturated rings. The molecule has 0 spiro atoms. The van der Waals surface area contributed by atoms with E-state index in [1.165, 1.54) is 0 Å². The minimum Gasteiger partial charge on any atom is -0.394 e. The van der Waals surface area contributed by atoms with Crippen LogP contribution in [0.5, 0.6) is 0 Å². The van der Waals surface area contributed by atoms with Gasteiger partial charge in [0.25, 0.3) is 0 Å². The van der Waals surface area contributed by atoms with E-state index >= 15 is 0 Å². The monoisotopic (exact) mass is 254 g/mol. The van der Waals surface area contributed by atoms with Crippen molar-refractivity contribution in [3.05, 3.63) is 17.0 Å². The highest BCUT2D eigenvalue weighted by atomic mass is 16.5. The van der Waals surface area contributed by atoms with Crippen molar-refractivity contribution in [1.82, 2.24) is 10.5 Å². The number of aliphatic hydroxyl groups excluding tert-OH is 1. The van der Waals surface area contributed by atoms with Crippen LogP contribution < -0.4 is 5.32 Å². The average molecular weight is 254 g/mol. The molecule has 1 aromatic rings. The lowest BCUT2D eigenvalue weighted by molar-refractivity contribution is -0.122. The highest BCUT2D eigenvalue weighted by Gasteiger charge is 2.22. The molecule has 0 bridgehead atoms. The first-order valence-electron chi connectivity index (χ1n) is 6.31. The summed E-state index contributed by atoms with van der Waals surface area (Å²) in [4.78, 5) is 11.9. The van der Waals surface area contributed by atoms with Gasteiger partial charge in [-0.3, -0.25) is 4.79 Å². The molecule has 0 saturated heterocycles. The van der Waals surface area contributed by atoms with Crippen molar-refractivity contribution in [2.75, 3.05) is 6.61 Å². The third kappa shape index (κ3) is 3.57. The maximum atomic E-state index is 11.9. The lowest BCUT2D eigenvalue weighted by atomic mass is 10.0. The minimum absolute atomic E-state index is 0.0936. The van der Waals surface area contributed by atoms with Gasteiger partial charge < -0.3 is 14.9 Å². The van der Waals surface area contributed by atoms with Crippen LogP contribution in [0.25, 0.3) is 0 Å². The van der Waals surface area contributed by atoms with E-state index < -0.39 is 5.54 Å². The van der Waals surface area contributed by atoms with E-state index in [9.17, 15) is 4.79 Å². The average Bonchev–Trinajstić information content (AvgIpc) is 2.70. The van der Waals surface area contributed by atoms with E-state index in [1.54, 1.807) is 13.8 Å². The van der Waals surface area contributed by atoms with Crippen LogP contribution in [0.2, 0.25) is 0 Å². The van der Waals surface area contributed by atoms with Crippen molar-refractivity contribution >= 4 is 5.91 Å². The SMILES string of the molecule is CCc1noc(CC)c1CC(=O)NC(C)(C)CO. The van der Waals surface area contributed by atoms with Crippen LogP contribution in [-0.4, -0.2) is 28.3 Å². The lowest BCUT2D eigenvalue weighted by Crippen LogP contribution is -2.46. The highest BCUT2D eigenvalue weighted by molar-refractivity contribution is 5.79. The number of rotatable bonds is 6. The zero-order chi connectivity index (χ0) is 13.8. The van der Waals surface area contributed by atoms with Crippen molar-refractivity contribution in [2.45, 2.75) is 52.5 Å². The largest absolute Gasteiger partial charge is 0.394 e. The first-order valence-corrected chi connectivity index (χ1v) is 6.31. The van der Waals surface area contributed by atoms with Crippen LogP contribution in [-0.2, 0) is 24.1 Å². The van der Waals surface area contributed by atoms with Gasteiger partial charge in [0, 0.05) is 12.0 Å². The number of aryl methyl sites for hydroxylation is 2. The molecule has 0 aliphatic rings. The predicted molar refractivity (Wildman–Crippen MR) is 68.3 cm³/mol. The first-order chi connectivity index (χ1) is 8.43. The van der Waals surface area contributed by atoms with E-state index in [2.05, 4.69) is 10.5 Å². The molecule has 0 aromatic carbocycles. The maximum Gasteiger partial charge on any atom is 0.225 e. The first kappa shape index (κ1) is 14.7. The Morgan fingerprint density at radius 2 is 2.06 bits per heavy atom. The second-order valence-corrected chi connectivity index (χ2v) is 5.01. The molecule has 18 heavy (non-hydrogen) atoms. The molecule has 0 unspecified atom stereocenters. The van der Waals surface area contributed by atoms with Gasteiger partial charge in [0.05, 0.1) is 24.3 Å². The molecule has 1 amide bonds. The van der Waals surface area contributed by atoms with E-state index in [-0.39, 0.29) is 18.9 Å². The molecule has 0 aliphatic carbocycles. The normalized spacial score (nSPS) is 11.6. The van der Waals surface area contributed by atoms with E-state index in [4.69, 9.17) is 9.63 Å². The Bertz CT molecular complexity index is 389. The molecule has 1 aromatic heterocycles. The summed E-state index contributed by atoms with van der Waals surface area (Å²) in [5, 5.41) is 15.9. The van der Waals surface area contributed by atoms with Gasteiger partial charge in [-0.25, -0.2) is 0 Å². The van der Waals surface area contributed by atoms with Gasteiger partial charge >= 0.3 is 0 Å².